The molecule has 2 heterocycles. The molecule has 0 aliphatic carbocycles. The fraction of sp³-hybridized carbons (Fsp3) is 0.467. The molecule has 0 aromatic heterocycles. The number of nitrogens with one attached hydrogen (secondary N) is 1. The fourth-order valence-corrected chi connectivity index (χ4v) is 3.04. The zero-order valence-electron chi connectivity index (χ0n) is 11.1. The Balaban J connectivity index is 1.71. The highest BCUT2D eigenvalue weighted by molar-refractivity contribution is 6.06. The van der Waals surface area contributed by atoms with Crippen LogP contribution < -0.4 is 10.2 Å². The summed E-state index contributed by atoms with van der Waals surface area (Å²) in [6, 6.07) is 8.44. The standard InChI is InChI=1S/C15H18N2O2/c1-11-2-4-12(5-3-11)17-8-6-15(7-9-17)10-13(18)16-14(15)19/h2-5H,6-10H2,1H3,(H,16,18,19). The average Bonchev–Trinajstić information content (AvgIpc) is 2.66. The van der Waals surface area contributed by atoms with Gasteiger partial charge in [-0.3, -0.25) is 14.9 Å². The first kappa shape index (κ1) is 12.2. The van der Waals surface area contributed by atoms with Gasteiger partial charge in [-0.05, 0) is 31.9 Å². The Kier molecular flexibility index (Phi) is 2.81. The summed E-state index contributed by atoms with van der Waals surface area (Å²) in [6.45, 7) is 3.75. The van der Waals surface area contributed by atoms with Crippen LogP contribution in [0.2, 0.25) is 0 Å². The van der Waals surface area contributed by atoms with Crippen LogP contribution in [0.1, 0.15) is 24.8 Å². The number of hydrogen-bond acceptors (Lipinski definition) is 3. The third kappa shape index (κ3) is 2.11. The quantitative estimate of drug-likeness (QED) is 0.779. The highest BCUT2D eigenvalue weighted by Gasteiger charge is 2.48. The topological polar surface area (TPSA) is 49.4 Å². The van der Waals surface area contributed by atoms with E-state index in [1.807, 2.05) is 0 Å². The van der Waals surface area contributed by atoms with Gasteiger partial charge in [-0.1, -0.05) is 17.7 Å². The first-order valence-electron chi connectivity index (χ1n) is 6.75. The van der Waals surface area contributed by atoms with Crippen molar-refractivity contribution in [1.82, 2.24) is 5.32 Å². The first-order valence-corrected chi connectivity index (χ1v) is 6.75. The number of anilines is 1. The highest BCUT2D eigenvalue weighted by Crippen LogP contribution is 2.39. The number of rotatable bonds is 1. The normalized spacial score (nSPS) is 21.8. The van der Waals surface area contributed by atoms with E-state index in [1.165, 1.54) is 11.3 Å². The zero-order valence-corrected chi connectivity index (χ0v) is 11.1. The molecule has 19 heavy (non-hydrogen) atoms. The van der Waals surface area contributed by atoms with Gasteiger partial charge in [-0.15, -0.1) is 0 Å². The molecular formula is C15H18N2O2. The summed E-state index contributed by atoms with van der Waals surface area (Å²) in [5.41, 5.74) is 2.02. The summed E-state index contributed by atoms with van der Waals surface area (Å²) < 4.78 is 0. The Morgan fingerprint density at radius 2 is 1.74 bits per heavy atom. The van der Waals surface area contributed by atoms with Crippen LogP contribution in [0.4, 0.5) is 5.69 Å². The lowest BCUT2D eigenvalue weighted by molar-refractivity contribution is -0.129. The summed E-state index contributed by atoms with van der Waals surface area (Å²) in [4.78, 5) is 25.6. The Morgan fingerprint density at radius 3 is 2.26 bits per heavy atom. The molecule has 1 aromatic rings. The van der Waals surface area contributed by atoms with E-state index in [9.17, 15) is 9.59 Å². The number of hydrogen-bond donors (Lipinski definition) is 1. The minimum Gasteiger partial charge on any atom is -0.371 e. The molecule has 100 valence electrons. The summed E-state index contributed by atoms with van der Waals surface area (Å²) in [7, 11) is 0. The predicted molar refractivity (Wildman–Crippen MR) is 72.8 cm³/mol. The van der Waals surface area contributed by atoms with Crippen molar-refractivity contribution in [3.63, 3.8) is 0 Å². The van der Waals surface area contributed by atoms with E-state index in [-0.39, 0.29) is 11.8 Å². The largest absolute Gasteiger partial charge is 0.371 e. The molecule has 2 fully saturated rings. The first-order chi connectivity index (χ1) is 9.09. The van der Waals surface area contributed by atoms with Gasteiger partial charge in [0.2, 0.25) is 11.8 Å². The maximum atomic E-state index is 11.9. The molecule has 0 bridgehead atoms. The minimum absolute atomic E-state index is 0.0685. The molecule has 3 rings (SSSR count). The van der Waals surface area contributed by atoms with E-state index < -0.39 is 5.41 Å². The maximum Gasteiger partial charge on any atom is 0.233 e. The second-order valence-electron chi connectivity index (χ2n) is 5.66. The molecule has 0 saturated carbocycles. The average molecular weight is 258 g/mol. The zero-order chi connectivity index (χ0) is 13.5. The lowest BCUT2D eigenvalue weighted by atomic mass is 9.77. The van der Waals surface area contributed by atoms with Gasteiger partial charge in [-0.25, -0.2) is 0 Å². The third-order valence-corrected chi connectivity index (χ3v) is 4.35. The fourth-order valence-electron chi connectivity index (χ4n) is 3.04. The van der Waals surface area contributed by atoms with Gasteiger partial charge in [0.15, 0.2) is 0 Å². The van der Waals surface area contributed by atoms with Crippen molar-refractivity contribution in [2.75, 3.05) is 18.0 Å². The molecule has 2 amide bonds. The van der Waals surface area contributed by atoms with Crippen molar-refractivity contribution in [1.29, 1.82) is 0 Å². The van der Waals surface area contributed by atoms with Crippen LogP contribution in [-0.4, -0.2) is 24.9 Å². The maximum absolute atomic E-state index is 11.9. The van der Waals surface area contributed by atoms with Crippen LogP contribution in [0.3, 0.4) is 0 Å². The summed E-state index contributed by atoms with van der Waals surface area (Å²) in [5.74, 6) is -0.185. The van der Waals surface area contributed by atoms with Crippen LogP contribution in [0.15, 0.2) is 24.3 Å². The Bertz CT molecular complexity index is 513. The summed E-state index contributed by atoms with van der Waals surface area (Å²) in [6.07, 6.45) is 1.89. The molecule has 0 radical (unpaired) electrons. The second-order valence-corrected chi connectivity index (χ2v) is 5.66. The summed E-state index contributed by atoms with van der Waals surface area (Å²) >= 11 is 0. The van der Waals surface area contributed by atoms with Crippen molar-refractivity contribution in [2.45, 2.75) is 26.2 Å². The van der Waals surface area contributed by atoms with Crippen molar-refractivity contribution in [3.8, 4) is 0 Å². The van der Waals surface area contributed by atoms with Gasteiger partial charge in [0.05, 0.1) is 5.41 Å². The van der Waals surface area contributed by atoms with Crippen LogP contribution in [-0.2, 0) is 9.59 Å². The van der Waals surface area contributed by atoms with Crippen LogP contribution in [0.25, 0.3) is 0 Å². The lowest BCUT2D eigenvalue weighted by Crippen LogP contribution is -2.43. The van der Waals surface area contributed by atoms with E-state index in [0.29, 0.717) is 6.42 Å². The van der Waals surface area contributed by atoms with Crippen molar-refractivity contribution < 1.29 is 9.59 Å². The SMILES string of the molecule is Cc1ccc(N2CCC3(CC2)CC(=O)NC3=O)cc1. The van der Waals surface area contributed by atoms with Gasteiger partial charge >= 0.3 is 0 Å². The number of nitrogens with zero attached hydrogens (tertiary/aromatic N) is 1. The number of imide groups is 1. The van der Waals surface area contributed by atoms with E-state index in [0.717, 1.165) is 25.9 Å². The van der Waals surface area contributed by atoms with Crippen molar-refractivity contribution in [2.24, 2.45) is 5.41 Å². The molecule has 1 aromatic carbocycles. The molecule has 0 atom stereocenters. The number of benzene rings is 1. The second kappa shape index (κ2) is 4.37. The number of amides is 2. The van der Waals surface area contributed by atoms with E-state index in [4.69, 9.17) is 0 Å². The number of carbonyl (C=O) groups excluding carboxylic acids is 2. The lowest BCUT2D eigenvalue weighted by Gasteiger charge is -2.38. The van der Waals surface area contributed by atoms with Crippen LogP contribution in [0.5, 0.6) is 0 Å². The van der Waals surface area contributed by atoms with Crippen molar-refractivity contribution >= 4 is 17.5 Å². The van der Waals surface area contributed by atoms with Crippen molar-refractivity contribution in [3.05, 3.63) is 29.8 Å². The van der Waals surface area contributed by atoms with E-state index in [2.05, 4.69) is 41.4 Å². The monoisotopic (exact) mass is 258 g/mol. The molecule has 4 nitrogen and oxygen atoms in total. The molecule has 1 N–H and O–H groups in total. The number of piperidine rings is 1. The molecule has 2 aliphatic rings. The smallest absolute Gasteiger partial charge is 0.233 e. The van der Waals surface area contributed by atoms with Gasteiger partial charge in [0, 0.05) is 25.2 Å². The van der Waals surface area contributed by atoms with E-state index in [1.54, 1.807) is 0 Å². The molecule has 1 spiro atoms. The van der Waals surface area contributed by atoms with Gasteiger partial charge < -0.3 is 4.90 Å². The molecule has 0 unspecified atom stereocenters. The Hall–Kier alpha value is -1.84. The van der Waals surface area contributed by atoms with Gasteiger partial charge in [-0.2, -0.15) is 0 Å². The highest BCUT2D eigenvalue weighted by atomic mass is 16.2. The number of aryl methyl sites for hydroxylation is 1. The Morgan fingerprint density at radius 1 is 1.11 bits per heavy atom. The number of carbonyl (C=O) groups is 2. The molecule has 2 aliphatic heterocycles. The van der Waals surface area contributed by atoms with Crippen LogP contribution in [0, 0.1) is 12.3 Å². The Labute approximate surface area is 112 Å². The van der Waals surface area contributed by atoms with Gasteiger partial charge in [0.25, 0.3) is 0 Å². The van der Waals surface area contributed by atoms with Crippen LogP contribution >= 0.6 is 0 Å². The minimum atomic E-state index is -0.432. The predicted octanol–water partition coefficient (Wildman–Crippen LogP) is 1.63. The summed E-state index contributed by atoms with van der Waals surface area (Å²) in [5, 5.41) is 2.44. The third-order valence-electron chi connectivity index (χ3n) is 4.35. The van der Waals surface area contributed by atoms with E-state index >= 15 is 0 Å². The molecular weight excluding hydrogens is 240 g/mol. The molecule has 2 saturated heterocycles. The van der Waals surface area contributed by atoms with Gasteiger partial charge in [0.1, 0.15) is 0 Å². The molecule has 4 heteroatoms.